The van der Waals surface area contributed by atoms with Gasteiger partial charge in [-0.25, -0.2) is 9.59 Å². The maximum atomic E-state index is 12.3. The number of alkyl carbamates (subject to hydrolysis) is 1. The van der Waals surface area contributed by atoms with Gasteiger partial charge in [-0.3, -0.25) is 9.63 Å². The molecule has 146 valence electrons. The molecule has 1 rings (SSSR count). The highest BCUT2D eigenvalue weighted by atomic mass is 16.7. The van der Waals surface area contributed by atoms with Crippen molar-refractivity contribution in [3.8, 4) is 0 Å². The highest BCUT2D eigenvalue weighted by Crippen LogP contribution is 2.24. The molecule has 1 saturated heterocycles. The molecular weight excluding hydrogens is 344 g/mol. The molecule has 26 heavy (non-hydrogen) atoms. The number of nitrogens with zero attached hydrogens (tertiary/aromatic N) is 3. The molecule has 2 atom stereocenters. The largest absolute Gasteiger partial charge is 0.444 e. The number of nitrogens with one attached hydrogen (secondary N) is 1. The van der Waals surface area contributed by atoms with Crippen LogP contribution in [0.4, 0.5) is 9.59 Å². The zero-order chi connectivity index (χ0) is 20.1. The van der Waals surface area contributed by atoms with Gasteiger partial charge in [0, 0.05) is 13.0 Å². The molecule has 0 aromatic rings. The fraction of sp³-hybridized carbons (Fsp3) is 0.750. The van der Waals surface area contributed by atoms with E-state index in [0.29, 0.717) is 6.21 Å². The van der Waals surface area contributed by atoms with Crippen LogP contribution < -0.4 is 5.32 Å². The van der Waals surface area contributed by atoms with Gasteiger partial charge in [-0.15, -0.1) is 0 Å². The smallest absolute Gasteiger partial charge is 0.435 e. The van der Waals surface area contributed by atoms with Crippen molar-refractivity contribution in [1.29, 1.82) is 0 Å². The molecule has 1 N–H and O–H groups in total. The number of ketones is 1. The number of carbonyl (C=O) groups excluding carboxylic acids is 3. The van der Waals surface area contributed by atoms with E-state index in [1.54, 1.807) is 41.5 Å². The molecule has 0 aliphatic carbocycles. The average Bonchev–Trinajstić information content (AvgIpc) is 2.86. The lowest BCUT2D eigenvalue weighted by atomic mass is 10.1. The van der Waals surface area contributed by atoms with Gasteiger partial charge in [0.25, 0.3) is 5.78 Å². The summed E-state index contributed by atoms with van der Waals surface area (Å²) in [5.41, 5.74) is 7.12. The van der Waals surface area contributed by atoms with Crippen LogP contribution in [-0.2, 0) is 19.1 Å². The Hall–Kier alpha value is -2.45. The molecule has 0 aromatic carbocycles. The average molecular weight is 370 g/mol. The first kappa shape index (κ1) is 21.6. The van der Waals surface area contributed by atoms with Gasteiger partial charge >= 0.3 is 18.4 Å². The third kappa shape index (κ3) is 7.20. The lowest BCUT2D eigenvalue weighted by molar-refractivity contribution is -0.156. The molecule has 2 amide bonds. The summed E-state index contributed by atoms with van der Waals surface area (Å²) < 4.78 is 10.3. The second-order valence-electron chi connectivity index (χ2n) is 7.81. The molecule has 0 saturated carbocycles. The van der Waals surface area contributed by atoms with Gasteiger partial charge in [0.2, 0.25) is 0 Å². The number of hydrogen-bond acceptors (Lipinski definition) is 6. The van der Waals surface area contributed by atoms with Gasteiger partial charge in [0.1, 0.15) is 23.3 Å². The molecule has 1 heterocycles. The summed E-state index contributed by atoms with van der Waals surface area (Å²) in [4.78, 5) is 44.2. The van der Waals surface area contributed by atoms with Gasteiger partial charge in [-0.1, -0.05) is 0 Å². The van der Waals surface area contributed by atoms with E-state index in [-0.39, 0.29) is 13.0 Å². The SMILES string of the molecule is CC(C)(C)OC(=O)NC[C@H]1C[C@H](C(=O)C=[N+]=[N-])N(C(=O)OC(C)(C)C)O1. The number of hydroxylamine groups is 2. The second kappa shape index (κ2) is 8.29. The van der Waals surface area contributed by atoms with Crippen molar-refractivity contribution in [2.24, 2.45) is 0 Å². The Bertz CT molecular complexity index is 601. The van der Waals surface area contributed by atoms with Crippen molar-refractivity contribution in [2.75, 3.05) is 6.54 Å². The summed E-state index contributed by atoms with van der Waals surface area (Å²) in [6, 6.07) is -1.02. The van der Waals surface area contributed by atoms with Gasteiger partial charge < -0.3 is 20.3 Å². The lowest BCUT2D eigenvalue weighted by Gasteiger charge is -2.25. The third-order valence-corrected chi connectivity index (χ3v) is 2.99. The number of amides is 2. The van der Waals surface area contributed by atoms with Crippen LogP contribution in [0.5, 0.6) is 0 Å². The quantitative estimate of drug-likeness (QED) is 0.455. The Labute approximate surface area is 152 Å². The zero-order valence-electron chi connectivity index (χ0n) is 15.9. The number of carbonyl (C=O) groups is 3. The Morgan fingerprint density at radius 2 is 1.77 bits per heavy atom. The van der Waals surface area contributed by atoms with Crippen molar-refractivity contribution in [3.63, 3.8) is 0 Å². The normalized spacial score (nSPS) is 20.2. The van der Waals surface area contributed by atoms with Gasteiger partial charge in [-0.2, -0.15) is 9.85 Å². The minimum atomic E-state index is -1.02. The lowest BCUT2D eigenvalue weighted by Crippen LogP contribution is -2.43. The topological polar surface area (TPSA) is 131 Å². The Morgan fingerprint density at radius 3 is 2.27 bits per heavy atom. The molecule has 0 aromatic heterocycles. The van der Waals surface area contributed by atoms with Crippen LogP contribution in [0.25, 0.3) is 5.53 Å². The predicted octanol–water partition coefficient (Wildman–Crippen LogP) is 1.69. The van der Waals surface area contributed by atoms with Crippen LogP contribution in [0.1, 0.15) is 48.0 Å². The van der Waals surface area contributed by atoms with Crippen LogP contribution in [0.2, 0.25) is 0 Å². The zero-order valence-corrected chi connectivity index (χ0v) is 15.9. The predicted molar refractivity (Wildman–Crippen MR) is 90.3 cm³/mol. The second-order valence-corrected chi connectivity index (χ2v) is 7.81. The van der Waals surface area contributed by atoms with Gasteiger partial charge in [0.05, 0.1) is 0 Å². The van der Waals surface area contributed by atoms with E-state index in [9.17, 15) is 14.4 Å². The summed E-state index contributed by atoms with van der Waals surface area (Å²) in [7, 11) is 0. The Kier molecular flexibility index (Phi) is 6.88. The molecular formula is C16H26N4O6. The first-order valence-electron chi connectivity index (χ1n) is 8.19. The molecule has 1 aliphatic heterocycles. The summed E-state index contributed by atoms with van der Waals surface area (Å²) >= 11 is 0. The number of ether oxygens (including phenoxy) is 2. The van der Waals surface area contributed by atoms with Crippen LogP contribution in [-0.4, -0.2) is 63.9 Å². The fourth-order valence-corrected chi connectivity index (χ4v) is 2.11. The minimum Gasteiger partial charge on any atom is -0.444 e. The number of Topliss-reactive ketones (excluding diaryl/α,β-unsaturated/α-hetero) is 1. The summed E-state index contributed by atoms with van der Waals surface area (Å²) in [6.07, 6.45) is -1.36. The molecule has 0 radical (unpaired) electrons. The van der Waals surface area contributed by atoms with Crippen molar-refractivity contribution in [1.82, 2.24) is 10.4 Å². The Morgan fingerprint density at radius 1 is 1.19 bits per heavy atom. The molecule has 1 aliphatic rings. The minimum absolute atomic E-state index is 0.0221. The van der Waals surface area contributed by atoms with Crippen LogP contribution in [0.3, 0.4) is 0 Å². The maximum absolute atomic E-state index is 12.3. The highest BCUT2D eigenvalue weighted by Gasteiger charge is 2.44. The first-order valence-corrected chi connectivity index (χ1v) is 8.19. The summed E-state index contributed by atoms with van der Waals surface area (Å²) in [6.45, 7) is 10.2. The van der Waals surface area contributed by atoms with Crippen molar-refractivity contribution < 1.29 is 33.5 Å². The maximum Gasteiger partial charge on any atom is 0.435 e. The monoisotopic (exact) mass is 370 g/mol. The molecule has 0 spiro atoms. The summed E-state index contributed by atoms with van der Waals surface area (Å²) in [5, 5.41) is 3.32. The molecule has 0 unspecified atom stereocenters. The molecule has 1 fully saturated rings. The van der Waals surface area contributed by atoms with Crippen LogP contribution >= 0.6 is 0 Å². The van der Waals surface area contributed by atoms with Gasteiger partial charge in [-0.05, 0) is 41.5 Å². The van der Waals surface area contributed by atoms with E-state index in [1.165, 1.54) is 0 Å². The van der Waals surface area contributed by atoms with Crippen molar-refractivity contribution in [3.05, 3.63) is 5.53 Å². The Balaban J connectivity index is 2.77. The van der Waals surface area contributed by atoms with E-state index in [1.807, 2.05) is 0 Å². The van der Waals surface area contributed by atoms with Crippen LogP contribution in [0, 0.1) is 0 Å². The van der Waals surface area contributed by atoms with E-state index in [0.717, 1.165) is 5.06 Å². The van der Waals surface area contributed by atoms with Crippen molar-refractivity contribution >= 4 is 24.2 Å². The van der Waals surface area contributed by atoms with E-state index in [4.69, 9.17) is 19.8 Å². The van der Waals surface area contributed by atoms with E-state index < -0.39 is 41.3 Å². The van der Waals surface area contributed by atoms with Crippen molar-refractivity contribution in [2.45, 2.75) is 71.3 Å². The number of hydrogen-bond donors (Lipinski definition) is 1. The molecule has 10 nitrogen and oxygen atoms in total. The van der Waals surface area contributed by atoms with E-state index in [2.05, 4.69) is 10.1 Å². The molecule has 0 bridgehead atoms. The van der Waals surface area contributed by atoms with Crippen LogP contribution in [0.15, 0.2) is 0 Å². The first-order chi connectivity index (χ1) is 11.8. The van der Waals surface area contributed by atoms with E-state index >= 15 is 0 Å². The standard InChI is InChI=1S/C16H26N4O6/c1-15(2,3)24-13(22)18-8-10-7-11(12(21)9-19-17)20(26-10)14(23)25-16(4,5)6/h9-11H,7-8H2,1-6H3,(H,18,22)/t10-,11-/m1/s1. The summed E-state index contributed by atoms with van der Waals surface area (Å²) in [5.74, 6) is -0.627. The highest BCUT2D eigenvalue weighted by molar-refractivity contribution is 6.28. The number of rotatable bonds is 4. The fourth-order valence-electron chi connectivity index (χ4n) is 2.11. The van der Waals surface area contributed by atoms with Gasteiger partial charge in [0.15, 0.2) is 0 Å². The molecule has 10 heteroatoms. The third-order valence-electron chi connectivity index (χ3n) is 2.99.